The zero-order chi connectivity index (χ0) is 19.0. The molecule has 8 nitrogen and oxygen atoms in total. The normalized spacial score (nSPS) is 20.2. The van der Waals surface area contributed by atoms with Gasteiger partial charge in [-0.1, -0.05) is 13.8 Å². The van der Waals surface area contributed by atoms with Crippen molar-refractivity contribution in [2.45, 2.75) is 32.4 Å². The van der Waals surface area contributed by atoms with Crippen molar-refractivity contribution in [1.29, 1.82) is 0 Å². The van der Waals surface area contributed by atoms with E-state index in [0.29, 0.717) is 12.2 Å². The summed E-state index contributed by atoms with van der Waals surface area (Å²) in [4.78, 5) is 15.6. The van der Waals surface area contributed by atoms with Crippen molar-refractivity contribution in [3.8, 4) is 11.4 Å². The summed E-state index contributed by atoms with van der Waals surface area (Å²) in [6.45, 7) is 8.25. The van der Waals surface area contributed by atoms with Gasteiger partial charge in [0.15, 0.2) is 5.65 Å². The summed E-state index contributed by atoms with van der Waals surface area (Å²) in [5, 5.41) is 22.5. The van der Waals surface area contributed by atoms with Crippen LogP contribution in [0.2, 0.25) is 0 Å². The van der Waals surface area contributed by atoms with E-state index in [4.69, 9.17) is 4.98 Å². The van der Waals surface area contributed by atoms with Crippen molar-refractivity contribution in [1.82, 2.24) is 30.5 Å². The predicted molar refractivity (Wildman–Crippen MR) is 109 cm³/mol. The molecule has 146 valence electrons. The highest BCUT2D eigenvalue weighted by Crippen LogP contribution is 2.27. The molecule has 1 fully saturated rings. The summed E-state index contributed by atoms with van der Waals surface area (Å²) < 4.78 is 0. The number of aliphatic hydroxyl groups is 1. The molecule has 3 aromatic rings. The molecule has 0 radical (unpaired) electrons. The summed E-state index contributed by atoms with van der Waals surface area (Å²) in [5.74, 6) is 0.946. The number of rotatable bonds is 4. The molecule has 4 heterocycles. The first-order valence-corrected chi connectivity index (χ1v) is 9.29. The fraction of sp³-hybridized carbons (Fsp3) is 0.474. The molecule has 1 saturated heterocycles. The average molecular weight is 371 g/mol. The average Bonchev–Trinajstić information content (AvgIpc) is 3.12. The lowest BCUT2D eigenvalue weighted by molar-refractivity contribution is -0.0231. The molecular weight excluding hydrogens is 342 g/mol. The molecule has 0 spiro atoms. The SMILES string of the molecule is CC(C)C(C)(O)C1CN(c2cncc(-c3[nH]nc4ncccc34)n2)CCN1.[HH].[HH]. The standard InChI is InChI=1S/C19H25N7O.2H2/c1-12(2)19(3,27)15-11-26(8-7-21-15)16-10-20-9-14(23-16)17-13-5-4-6-22-18(13)25-24-17;;/h4-6,9-10,12,15,21,27H,7-8,11H2,1-3H3,(H,22,24,25);2*1H. The van der Waals surface area contributed by atoms with Crippen molar-refractivity contribution in [2.75, 3.05) is 24.5 Å². The van der Waals surface area contributed by atoms with E-state index in [2.05, 4.69) is 30.4 Å². The Morgan fingerprint density at radius 1 is 1.37 bits per heavy atom. The smallest absolute Gasteiger partial charge is 0.181 e. The molecule has 0 amide bonds. The largest absolute Gasteiger partial charge is 0.388 e. The zero-order valence-corrected chi connectivity index (χ0v) is 15.8. The van der Waals surface area contributed by atoms with Crippen LogP contribution in [0, 0.1) is 5.92 Å². The van der Waals surface area contributed by atoms with E-state index in [9.17, 15) is 5.11 Å². The fourth-order valence-electron chi connectivity index (χ4n) is 3.43. The molecule has 1 aliphatic rings. The summed E-state index contributed by atoms with van der Waals surface area (Å²) in [6, 6.07) is 3.82. The highest BCUT2D eigenvalue weighted by molar-refractivity contribution is 5.89. The molecule has 3 aromatic heterocycles. The third kappa shape index (κ3) is 3.26. The van der Waals surface area contributed by atoms with Crippen LogP contribution in [0.4, 0.5) is 5.82 Å². The van der Waals surface area contributed by atoms with Crippen LogP contribution in [-0.4, -0.2) is 61.5 Å². The van der Waals surface area contributed by atoms with E-state index in [1.165, 1.54) is 0 Å². The number of piperazine rings is 1. The number of anilines is 1. The minimum absolute atomic E-state index is 0. The number of hydrogen-bond donors (Lipinski definition) is 3. The van der Waals surface area contributed by atoms with E-state index in [1.807, 2.05) is 32.9 Å². The number of nitrogens with one attached hydrogen (secondary N) is 2. The van der Waals surface area contributed by atoms with Crippen LogP contribution in [0.3, 0.4) is 0 Å². The Kier molecular flexibility index (Phi) is 4.53. The van der Waals surface area contributed by atoms with Gasteiger partial charge in [-0.25, -0.2) is 9.97 Å². The highest BCUT2D eigenvalue weighted by Gasteiger charge is 2.38. The quantitative estimate of drug-likeness (QED) is 0.645. The van der Waals surface area contributed by atoms with Gasteiger partial charge in [0.25, 0.3) is 0 Å². The van der Waals surface area contributed by atoms with Crippen LogP contribution in [0.15, 0.2) is 30.7 Å². The van der Waals surface area contributed by atoms with Crippen LogP contribution < -0.4 is 10.2 Å². The Morgan fingerprint density at radius 3 is 3.04 bits per heavy atom. The minimum Gasteiger partial charge on any atom is -0.388 e. The summed E-state index contributed by atoms with van der Waals surface area (Å²) >= 11 is 0. The summed E-state index contributed by atoms with van der Waals surface area (Å²) in [7, 11) is 0. The lowest BCUT2D eigenvalue weighted by atomic mass is 9.84. The van der Waals surface area contributed by atoms with E-state index in [0.717, 1.165) is 35.7 Å². The van der Waals surface area contributed by atoms with Gasteiger partial charge in [-0.2, -0.15) is 5.10 Å². The predicted octanol–water partition coefficient (Wildman–Crippen LogP) is 2.09. The fourth-order valence-corrected chi connectivity index (χ4v) is 3.43. The van der Waals surface area contributed by atoms with Gasteiger partial charge in [-0.05, 0) is 25.0 Å². The monoisotopic (exact) mass is 371 g/mol. The molecule has 1 aliphatic heterocycles. The number of nitrogens with zero attached hydrogens (tertiary/aromatic N) is 5. The lowest BCUT2D eigenvalue weighted by Gasteiger charge is -2.43. The summed E-state index contributed by atoms with van der Waals surface area (Å²) in [6.07, 6.45) is 5.22. The number of hydrogen-bond acceptors (Lipinski definition) is 7. The Balaban J connectivity index is 0.00000150. The first-order valence-electron chi connectivity index (χ1n) is 9.29. The number of fused-ring (bicyclic) bond motifs is 1. The van der Waals surface area contributed by atoms with Crippen LogP contribution >= 0.6 is 0 Å². The molecule has 4 rings (SSSR count). The van der Waals surface area contributed by atoms with Gasteiger partial charge >= 0.3 is 0 Å². The van der Waals surface area contributed by atoms with E-state index in [1.54, 1.807) is 18.6 Å². The van der Waals surface area contributed by atoms with Gasteiger partial charge < -0.3 is 15.3 Å². The Labute approximate surface area is 161 Å². The molecule has 0 saturated carbocycles. The maximum Gasteiger partial charge on any atom is 0.181 e. The second-order valence-corrected chi connectivity index (χ2v) is 7.57. The van der Waals surface area contributed by atoms with Crippen molar-refractivity contribution < 1.29 is 7.96 Å². The molecule has 3 N–H and O–H groups in total. The van der Waals surface area contributed by atoms with Crippen LogP contribution in [-0.2, 0) is 0 Å². The number of H-pyrrole nitrogens is 1. The van der Waals surface area contributed by atoms with Crippen molar-refractivity contribution >= 4 is 16.9 Å². The molecule has 27 heavy (non-hydrogen) atoms. The zero-order valence-electron chi connectivity index (χ0n) is 15.8. The first-order chi connectivity index (χ1) is 13.0. The van der Waals surface area contributed by atoms with E-state index < -0.39 is 5.60 Å². The van der Waals surface area contributed by atoms with Gasteiger partial charge in [0, 0.05) is 34.1 Å². The third-order valence-electron chi connectivity index (χ3n) is 5.58. The molecular formula is C19H29N7O. The Hall–Kier alpha value is -2.58. The highest BCUT2D eigenvalue weighted by atomic mass is 16.3. The maximum absolute atomic E-state index is 10.9. The van der Waals surface area contributed by atoms with Crippen LogP contribution in [0.25, 0.3) is 22.4 Å². The van der Waals surface area contributed by atoms with Gasteiger partial charge in [0.2, 0.25) is 0 Å². The topological polar surface area (TPSA) is 103 Å². The lowest BCUT2D eigenvalue weighted by Crippen LogP contribution is -2.62. The number of aromatic nitrogens is 5. The van der Waals surface area contributed by atoms with Crippen molar-refractivity contribution in [2.24, 2.45) is 5.92 Å². The molecule has 0 aromatic carbocycles. The molecule has 8 heteroatoms. The maximum atomic E-state index is 10.9. The van der Waals surface area contributed by atoms with Crippen molar-refractivity contribution in [3.05, 3.63) is 30.7 Å². The van der Waals surface area contributed by atoms with Gasteiger partial charge in [0.1, 0.15) is 11.5 Å². The van der Waals surface area contributed by atoms with Gasteiger partial charge in [-0.3, -0.25) is 10.1 Å². The first kappa shape index (κ1) is 17.8. The van der Waals surface area contributed by atoms with Crippen LogP contribution in [0.5, 0.6) is 0 Å². The van der Waals surface area contributed by atoms with Crippen LogP contribution in [0.1, 0.15) is 23.6 Å². The molecule has 2 atom stereocenters. The second kappa shape index (κ2) is 6.86. The van der Waals surface area contributed by atoms with Gasteiger partial charge in [0.05, 0.1) is 29.7 Å². The second-order valence-electron chi connectivity index (χ2n) is 7.57. The molecule has 0 bridgehead atoms. The number of pyridine rings is 1. The van der Waals surface area contributed by atoms with E-state index >= 15 is 0 Å². The minimum atomic E-state index is -0.797. The van der Waals surface area contributed by atoms with Gasteiger partial charge in [-0.15, -0.1) is 0 Å². The third-order valence-corrected chi connectivity index (χ3v) is 5.58. The summed E-state index contributed by atoms with van der Waals surface area (Å²) in [5.41, 5.74) is 1.41. The van der Waals surface area contributed by atoms with E-state index in [-0.39, 0.29) is 14.8 Å². The molecule has 2 unspecified atom stereocenters. The Bertz CT molecular complexity index is 947. The van der Waals surface area contributed by atoms with Crippen molar-refractivity contribution in [3.63, 3.8) is 0 Å². The number of aromatic amines is 1. The Morgan fingerprint density at radius 2 is 2.22 bits per heavy atom. The molecule has 0 aliphatic carbocycles.